The maximum Gasteiger partial charge on any atom is 0.511 e. The van der Waals surface area contributed by atoms with Crippen molar-refractivity contribution < 1.29 is 34.0 Å². The summed E-state index contributed by atoms with van der Waals surface area (Å²) in [6.45, 7) is 2.09. The van der Waals surface area contributed by atoms with Crippen LogP contribution in [0, 0.1) is 5.21 Å². The van der Waals surface area contributed by atoms with Gasteiger partial charge in [0.05, 0.1) is 18.1 Å². The molecule has 0 spiro atoms. The highest BCUT2D eigenvalue weighted by Gasteiger charge is 2.11. The second-order valence-corrected chi connectivity index (χ2v) is 3.35. The van der Waals surface area contributed by atoms with Gasteiger partial charge in [-0.1, -0.05) is 0 Å². The SMILES string of the molecule is CC(C)OC(=O)OCON=[N+]([O-])N(C)CC(=O)O. The molecule has 104 valence electrons. The lowest BCUT2D eigenvalue weighted by Crippen LogP contribution is -2.31. The molecule has 10 heteroatoms. The summed E-state index contributed by atoms with van der Waals surface area (Å²) in [5.41, 5.74) is 0. The second-order valence-electron chi connectivity index (χ2n) is 3.35. The summed E-state index contributed by atoms with van der Waals surface area (Å²) in [7, 11) is 1.20. The number of rotatable bonds is 7. The second kappa shape index (κ2) is 7.92. The van der Waals surface area contributed by atoms with E-state index >= 15 is 0 Å². The molecule has 0 radical (unpaired) electrons. The van der Waals surface area contributed by atoms with Crippen LogP contribution >= 0.6 is 0 Å². The van der Waals surface area contributed by atoms with Crippen molar-refractivity contribution in [3.8, 4) is 0 Å². The maximum absolute atomic E-state index is 11.0. The van der Waals surface area contributed by atoms with Gasteiger partial charge in [-0.2, -0.15) is 0 Å². The van der Waals surface area contributed by atoms with E-state index in [1.807, 2.05) is 0 Å². The molecule has 0 heterocycles. The van der Waals surface area contributed by atoms with Gasteiger partial charge in [-0.15, -0.1) is 5.01 Å². The van der Waals surface area contributed by atoms with Crippen LogP contribution in [0.15, 0.2) is 5.28 Å². The number of hydrogen-bond acceptors (Lipinski definition) is 7. The minimum Gasteiger partial charge on any atom is -0.569 e. The molecule has 10 nitrogen and oxygen atoms in total. The molecule has 18 heavy (non-hydrogen) atoms. The minimum absolute atomic E-state index is 0.0920. The molecular weight excluding hydrogens is 250 g/mol. The molecule has 0 bridgehead atoms. The van der Waals surface area contributed by atoms with Crippen LogP contribution < -0.4 is 0 Å². The Morgan fingerprint density at radius 3 is 2.61 bits per heavy atom. The number of carbonyl (C=O) groups excluding carboxylic acids is 1. The van der Waals surface area contributed by atoms with Crippen molar-refractivity contribution in [2.75, 3.05) is 20.4 Å². The smallest absolute Gasteiger partial charge is 0.511 e. The third-order valence-electron chi connectivity index (χ3n) is 1.35. The van der Waals surface area contributed by atoms with E-state index in [2.05, 4.69) is 19.6 Å². The van der Waals surface area contributed by atoms with Gasteiger partial charge in [0.1, 0.15) is 0 Å². The van der Waals surface area contributed by atoms with Crippen molar-refractivity contribution in [3.05, 3.63) is 5.21 Å². The van der Waals surface area contributed by atoms with Gasteiger partial charge in [0, 0.05) is 0 Å². The van der Waals surface area contributed by atoms with Crippen LogP contribution in [0.5, 0.6) is 0 Å². The van der Waals surface area contributed by atoms with Gasteiger partial charge in [0.15, 0.2) is 6.54 Å². The fraction of sp³-hybridized carbons (Fsp3) is 0.750. The first-order chi connectivity index (χ1) is 8.32. The van der Waals surface area contributed by atoms with E-state index in [0.717, 1.165) is 5.01 Å². The van der Waals surface area contributed by atoms with Crippen LogP contribution in [0.25, 0.3) is 0 Å². The summed E-state index contributed by atoms with van der Waals surface area (Å²) in [5.74, 6) is -1.20. The largest absolute Gasteiger partial charge is 0.569 e. The van der Waals surface area contributed by atoms with E-state index in [4.69, 9.17) is 5.11 Å². The Balaban J connectivity index is 3.87. The number of hydrazine groups is 1. The van der Waals surface area contributed by atoms with Crippen molar-refractivity contribution in [1.82, 2.24) is 5.01 Å². The number of ether oxygens (including phenoxy) is 2. The highest BCUT2D eigenvalue weighted by Crippen LogP contribution is 1.93. The standard InChI is InChI=1S/C8H15N3O7/c1-6(2)18-8(14)16-5-17-9-11(15)10(3)4-7(12)13/h6H,4-5H2,1-3H3,(H,12,13). The van der Waals surface area contributed by atoms with Crippen LogP contribution in [-0.4, -0.2) is 53.7 Å². The lowest BCUT2D eigenvalue weighted by atomic mass is 10.5. The molecule has 0 fully saturated rings. The Hall–Kier alpha value is -2.26. The monoisotopic (exact) mass is 265 g/mol. The first-order valence-electron chi connectivity index (χ1n) is 4.89. The Labute approximate surface area is 103 Å². The molecule has 0 aromatic carbocycles. The summed E-state index contributed by atoms with van der Waals surface area (Å²) >= 11 is 0. The summed E-state index contributed by atoms with van der Waals surface area (Å²) in [6, 6.07) is 0. The van der Waals surface area contributed by atoms with Crippen molar-refractivity contribution >= 4 is 12.1 Å². The molecule has 0 aliphatic rings. The molecule has 0 saturated heterocycles. The zero-order valence-corrected chi connectivity index (χ0v) is 10.2. The summed E-state index contributed by atoms with van der Waals surface area (Å²) in [6.07, 6.45) is -1.30. The molecule has 0 amide bonds. The van der Waals surface area contributed by atoms with Gasteiger partial charge in [-0.3, -0.25) is 4.79 Å². The van der Waals surface area contributed by atoms with Gasteiger partial charge in [-0.05, 0) is 13.8 Å². The number of carboxylic acid groups (broad SMARTS) is 1. The Kier molecular flexibility index (Phi) is 6.93. The highest BCUT2D eigenvalue weighted by molar-refractivity contribution is 5.68. The Bertz CT molecular complexity index is 318. The fourth-order valence-electron chi connectivity index (χ4n) is 0.692. The normalized spacial score (nSPS) is 11.0. The van der Waals surface area contributed by atoms with Crippen molar-refractivity contribution in [2.24, 2.45) is 5.28 Å². The van der Waals surface area contributed by atoms with E-state index in [-0.39, 0.29) is 11.1 Å². The topological polar surface area (TPSA) is 124 Å². The average molecular weight is 265 g/mol. The maximum atomic E-state index is 11.0. The predicted molar refractivity (Wildman–Crippen MR) is 55.0 cm³/mol. The zero-order valence-electron chi connectivity index (χ0n) is 10.2. The Morgan fingerprint density at radius 2 is 2.11 bits per heavy atom. The number of carboxylic acids is 1. The molecule has 0 aromatic rings. The zero-order chi connectivity index (χ0) is 14.1. The number of hydrogen-bond donors (Lipinski definition) is 1. The van der Waals surface area contributed by atoms with Crippen LogP contribution in [0.2, 0.25) is 0 Å². The van der Waals surface area contributed by atoms with E-state index in [1.165, 1.54) is 7.05 Å². The number of aliphatic carboxylic acids is 1. The van der Waals surface area contributed by atoms with E-state index in [1.54, 1.807) is 13.8 Å². The lowest BCUT2D eigenvalue weighted by Gasteiger charge is -2.10. The minimum atomic E-state index is -1.20. The van der Waals surface area contributed by atoms with Crippen molar-refractivity contribution in [1.29, 1.82) is 0 Å². The van der Waals surface area contributed by atoms with Crippen molar-refractivity contribution in [2.45, 2.75) is 20.0 Å². The molecular formula is C8H15N3O7. The third-order valence-corrected chi connectivity index (χ3v) is 1.35. The highest BCUT2D eigenvalue weighted by atomic mass is 16.8. The molecule has 0 aliphatic carbocycles. The summed E-state index contributed by atoms with van der Waals surface area (Å²) in [4.78, 5) is 25.3. The Morgan fingerprint density at radius 1 is 1.50 bits per heavy atom. The van der Waals surface area contributed by atoms with Crippen LogP contribution in [-0.2, 0) is 19.1 Å². The average Bonchev–Trinajstić information content (AvgIpc) is 2.21. The lowest BCUT2D eigenvalue weighted by molar-refractivity contribution is -0.704. The summed E-state index contributed by atoms with van der Waals surface area (Å²) in [5, 5.41) is 23.1. The van der Waals surface area contributed by atoms with E-state index in [0.29, 0.717) is 0 Å². The summed E-state index contributed by atoms with van der Waals surface area (Å²) < 4.78 is 8.98. The molecule has 0 rings (SSSR count). The first-order valence-corrected chi connectivity index (χ1v) is 4.89. The molecule has 0 atom stereocenters. The fourth-order valence-corrected chi connectivity index (χ4v) is 0.692. The quantitative estimate of drug-likeness (QED) is 0.174. The van der Waals surface area contributed by atoms with E-state index < -0.39 is 25.5 Å². The first kappa shape index (κ1) is 15.7. The van der Waals surface area contributed by atoms with Gasteiger partial charge in [-0.25, -0.2) is 4.79 Å². The predicted octanol–water partition coefficient (Wildman–Crippen LogP) is 0.331. The molecule has 0 aliphatic heterocycles. The van der Waals surface area contributed by atoms with Crippen LogP contribution in [0.1, 0.15) is 13.8 Å². The molecule has 1 N–H and O–H groups in total. The number of carbonyl (C=O) groups is 2. The molecule has 0 saturated carbocycles. The van der Waals surface area contributed by atoms with Gasteiger partial charge >= 0.3 is 12.1 Å². The number of nitrogens with zero attached hydrogens (tertiary/aromatic N) is 3. The molecule has 0 aromatic heterocycles. The van der Waals surface area contributed by atoms with Crippen LogP contribution in [0.4, 0.5) is 4.79 Å². The number of likely N-dealkylation sites (N-methyl/N-ethyl adjacent to an activating group) is 1. The van der Waals surface area contributed by atoms with Gasteiger partial charge in [0.25, 0.3) is 6.79 Å². The van der Waals surface area contributed by atoms with Crippen LogP contribution in [0.3, 0.4) is 0 Å². The van der Waals surface area contributed by atoms with Gasteiger partial charge < -0.3 is 24.6 Å². The van der Waals surface area contributed by atoms with Crippen molar-refractivity contribution in [3.63, 3.8) is 0 Å². The van der Waals surface area contributed by atoms with E-state index in [9.17, 15) is 14.8 Å². The van der Waals surface area contributed by atoms with Gasteiger partial charge in [0.2, 0.25) is 5.28 Å². The molecule has 0 unspecified atom stereocenters. The third kappa shape index (κ3) is 7.96.